The molecule has 0 aliphatic rings. The SMILES string of the molecule is O=C([O-])C[C@@H](O[N+](=O)O)C(=O)[O-].[Na+].[Na+]. The Bertz CT molecular complexity index is 204. The molecule has 0 aliphatic carbocycles. The number of hydrogen-bond donors (Lipinski definition) is 1. The first-order valence-corrected chi connectivity index (χ1v) is 2.67. The van der Waals surface area contributed by atoms with E-state index in [0.29, 0.717) is 0 Å². The molecule has 8 nitrogen and oxygen atoms in total. The van der Waals surface area contributed by atoms with Gasteiger partial charge < -0.3 is 19.8 Å². The first-order valence-electron chi connectivity index (χ1n) is 2.67. The Morgan fingerprint density at radius 3 is 2.00 bits per heavy atom. The van der Waals surface area contributed by atoms with E-state index in [2.05, 4.69) is 4.84 Å². The Morgan fingerprint density at radius 1 is 1.36 bits per heavy atom. The van der Waals surface area contributed by atoms with Crippen LogP contribution in [0.3, 0.4) is 0 Å². The summed E-state index contributed by atoms with van der Waals surface area (Å²) in [5.74, 6) is -3.68. The molecular weight excluding hydrogens is 220 g/mol. The molecule has 10 heteroatoms. The van der Waals surface area contributed by atoms with Crippen LogP contribution in [0.1, 0.15) is 6.42 Å². The first kappa shape index (κ1) is 19.7. The summed E-state index contributed by atoms with van der Waals surface area (Å²) in [4.78, 5) is 33.0. The topological polar surface area (TPSA) is 130 Å². The van der Waals surface area contributed by atoms with Crippen molar-refractivity contribution in [1.82, 2.24) is 0 Å². The van der Waals surface area contributed by atoms with Crippen LogP contribution in [0.4, 0.5) is 0 Å². The summed E-state index contributed by atoms with van der Waals surface area (Å²) < 4.78 is 0. The third kappa shape index (κ3) is 10.2. The number of rotatable bonds is 5. The van der Waals surface area contributed by atoms with E-state index in [1.807, 2.05) is 0 Å². The molecule has 0 spiro atoms. The van der Waals surface area contributed by atoms with Crippen molar-refractivity contribution in [3.8, 4) is 0 Å². The molecule has 14 heavy (non-hydrogen) atoms. The third-order valence-corrected chi connectivity index (χ3v) is 0.832. The van der Waals surface area contributed by atoms with Crippen LogP contribution in [0.25, 0.3) is 0 Å². The summed E-state index contributed by atoms with van der Waals surface area (Å²) >= 11 is 0. The minimum absolute atomic E-state index is 0. The van der Waals surface area contributed by atoms with Gasteiger partial charge in [0.1, 0.15) is 4.91 Å². The minimum Gasteiger partial charge on any atom is -0.550 e. The zero-order valence-electron chi connectivity index (χ0n) is 7.63. The van der Waals surface area contributed by atoms with Crippen molar-refractivity contribution in [1.29, 1.82) is 0 Å². The van der Waals surface area contributed by atoms with E-state index >= 15 is 0 Å². The van der Waals surface area contributed by atoms with Gasteiger partial charge in [0.2, 0.25) is 6.10 Å². The van der Waals surface area contributed by atoms with Gasteiger partial charge in [-0.1, -0.05) is 0 Å². The van der Waals surface area contributed by atoms with Crippen LogP contribution >= 0.6 is 0 Å². The van der Waals surface area contributed by atoms with E-state index in [-0.39, 0.29) is 59.1 Å². The Morgan fingerprint density at radius 2 is 1.79 bits per heavy atom. The number of carboxylic acids is 2. The number of aliphatic carboxylic acids is 2. The molecule has 1 N–H and O–H groups in total. The average Bonchev–Trinajstić information content (AvgIpc) is 1.83. The molecule has 0 rings (SSSR count). The van der Waals surface area contributed by atoms with E-state index in [0.717, 1.165) is 0 Å². The van der Waals surface area contributed by atoms with Crippen molar-refractivity contribution >= 4 is 11.9 Å². The number of carbonyl (C=O) groups excluding carboxylic acids is 2. The zero-order chi connectivity index (χ0) is 9.72. The van der Waals surface area contributed by atoms with E-state index in [1.165, 1.54) is 0 Å². The number of hydrogen-bond acceptors (Lipinski definition) is 6. The molecule has 0 unspecified atom stereocenters. The van der Waals surface area contributed by atoms with Gasteiger partial charge in [0, 0.05) is 12.4 Å². The normalized spacial score (nSPS) is 10.0. The van der Waals surface area contributed by atoms with E-state index in [9.17, 15) is 24.7 Å². The van der Waals surface area contributed by atoms with Crippen LogP contribution in [0, 0.1) is 4.91 Å². The molecule has 1 atom stereocenters. The minimum atomic E-state index is -2.06. The molecule has 0 aromatic heterocycles. The smallest absolute Gasteiger partial charge is 0.550 e. The molecule has 0 radical (unpaired) electrons. The van der Waals surface area contributed by atoms with Crippen molar-refractivity contribution in [2.24, 2.45) is 0 Å². The van der Waals surface area contributed by atoms with Crippen LogP contribution in [0.15, 0.2) is 0 Å². The van der Waals surface area contributed by atoms with Crippen molar-refractivity contribution < 1.29 is 94.0 Å². The molecule has 68 valence electrons. The fraction of sp³-hybridized carbons (Fsp3) is 0.500. The third-order valence-electron chi connectivity index (χ3n) is 0.832. The monoisotopic (exact) mass is 224 g/mol. The van der Waals surface area contributed by atoms with Crippen LogP contribution in [0.5, 0.6) is 0 Å². The van der Waals surface area contributed by atoms with Gasteiger partial charge in [0.05, 0.1) is 5.97 Å². The molecular formula is C4H4NNa2O7+. The molecule has 0 saturated carbocycles. The zero-order valence-corrected chi connectivity index (χ0v) is 11.6. The second-order valence-corrected chi connectivity index (χ2v) is 1.73. The summed E-state index contributed by atoms with van der Waals surface area (Å²) in [6.45, 7) is 0. The van der Waals surface area contributed by atoms with Crippen molar-refractivity contribution in [2.45, 2.75) is 12.5 Å². The summed E-state index contributed by atoms with van der Waals surface area (Å²) in [6.07, 6.45) is -3.14. The molecule has 0 amide bonds. The maximum absolute atomic E-state index is 9.97. The Labute approximate surface area is 122 Å². The second-order valence-electron chi connectivity index (χ2n) is 1.73. The first-order chi connectivity index (χ1) is 5.43. The van der Waals surface area contributed by atoms with E-state index < -0.39 is 29.6 Å². The standard InChI is InChI=1S/C4H5NO7.2Na/c6-3(7)1-2(4(8)9)12-5(10)11;;/h2H,1H2,(H2-,6,7,8,9,10,11);;/q;2*+1/p-1/t2-;;/m1../s1. The predicted octanol–water partition coefficient (Wildman–Crippen LogP) is -9.65. The summed E-state index contributed by atoms with van der Waals surface area (Å²) in [6, 6.07) is 0. The van der Waals surface area contributed by atoms with Crippen molar-refractivity contribution in [3.05, 3.63) is 4.91 Å². The summed E-state index contributed by atoms with van der Waals surface area (Å²) in [5.41, 5.74) is 0. The summed E-state index contributed by atoms with van der Waals surface area (Å²) in [7, 11) is 0. The summed E-state index contributed by atoms with van der Waals surface area (Å²) in [5, 5.41) is 26.5. The van der Waals surface area contributed by atoms with Gasteiger partial charge >= 0.3 is 64.2 Å². The maximum atomic E-state index is 9.97. The van der Waals surface area contributed by atoms with Crippen LogP contribution in [-0.4, -0.2) is 28.3 Å². The van der Waals surface area contributed by atoms with Gasteiger partial charge in [0.15, 0.2) is 0 Å². The Hall–Kier alpha value is 0.140. The number of nitrogens with zero attached hydrogens (tertiary/aromatic N) is 1. The van der Waals surface area contributed by atoms with Gasteiger partial charge in [-0.25, -0.2) is 5.21 Å². The Kier molecular flexibility index (Phi) is 13.6. The molecule has 0 heterocycles. The molecule has 0 aromatic rings. The second kappa shape index (κ2) is 9.69. The van der Waals surface area contributed by atoms with Gasteiger partial charge in [-0.2, -0.15) is 4.84 Å². The van der Waals surface area contributed by atoms with E-state index in [1.54, 1.807) is 0 Å². The van der Waals surface area contributed by atoms with Crippen LogP contribution in [-0.2, 0) is 14.4 Å². The van der Waals surface area contributed by atoms with Crippen LogP contribution in [0.2, 0.25) is 0 Å². The number of carbonyl (C=O) groups is 2. The Balaban J connectivity index is -0.000000605. The average molecular weight is 224 g/mol. The van der Waals surface area contributed by atoms with E-state index in [4.69, 9.17) is 5.21 Å². The quantitative estimate of drug-likeness (QED) is 0.362. The maximum Gasteiger partial charge on any atom is 1.00 e. The molecule has 0 aromatic carbocycles. The fourth-order valence-electron chi connectivity index (χ4n) is 0.424. The van der Waals surface area contributed by atoms with Gasteiger partial charge in [-0.3, -0.25) is 0 Å². The predicted molar refractivity (Wildman–Crippen MR) is 24.9 cm³/mol. The molecule has 0 aliphatic heterocycles. The molecule has 0 saturated heterocycles. The molecule has 0 bridgehead atoms. The van der Waals surface area contributed by atoms with Crippen molar-refractivity contribution in [3.63, 3.8) is 0 Å². The molecule has 0 fully saturated rings. The van der Waals surface area contributed by atoms with Gasteiger partial charge in [-0.05, 0) is 0 Å². The number of carboxylic acid groups (broad SMARTS) is 2. The largest absolute Gasteiger partial charge is 1.00 e. The van der Waals surface area contributed by atoms with Gasteiger partial charge in [0.25, 0.3) is 0 Å². The fourth-order valence-corrected chi connectivity index (χ4v) is 0.424. The van der Waals surface area contributed by atoms with Crippen molar-refractivity contribution in [2.75, 3.05) is 0 Å². The van der Waals surface area contributed by atoms with Crippen LogP contribution < -0.4 is 69.3 Å². The van der Waals surface area contributed by atoms with Gasteiger partial charge in [-0.15, -0.1) is 0 Å².